The van der Waals surface area contributed by atoms with Crippen molar-refractivity contribution in [2.75, 3.05) is 26.7 Å². The molecular formula is C20H28N2O3. The maximum Gasteiger partial charge on any atom is 0.314 e. The molecule has 0 saturated carbocycles. The fourth-order valence-corrected chi connectivity index (χ4v) is 4.38. The minimum atomic E-state index is -0.326. The van der Waals surface area contributed by atoms with Gasteiger partial charge < -0.3 is 19.7 Å². The molecule has 5 nitrogen and oxygen atoms in total. The van der Waals surface area contributed by atoms with Crippen LogP contribution in [-0.4, -0.2) is 53.8 Å². The Morgan fingerprint density at radius 3 is 2.88 bits per heavy atom. The summed E-state index contributed by atoms with van der Waals surface area (Å²) in [4.78, 5) is 18.3. The highest BCUT2D eigenvalue weighted by Crippen LogP contribution is 2.36. The lowest BCUT2D eigenvalue weighted by atomic mass is 9.85. The van der Waals surface area contributed by atoms with Crippen LogP contribution in [0.2, 0.25) is 0 Å². The number of ether oxygens (including phenoxy) is 1. The van der Waals surface area contributed by atoms with Crippen LogP contribution in [0.1, 0.15) is 48.2 Å². The highest BCUT2D eigenvalue weighted by Gasteiger charge is 2.35. The molecule has 136 valence electrons. The van der Waals surface area contributed by atoms with Gasteiger partial charge in [-0.05, 0) is 43.7 Å². The van der Waals surface area contributed by atoms with Gasteiger partial charge in [-0.25, -0.2) is 0 Å². The lowest BCUT2D eigenvalue weighted by Crippen LogP contribution is -2.44. The van der Waals surface area contributed by atoms with Gasteiger partial charge in [-0.2, -0.15) is 0 Å². The van der Waals surface area contributed by atoms with Crippen molar-refractivity contribution in [3.05, 3.63) is 35.2 Å². The fourth-order valence-electron chi connectivity index (χ4n) is 4.38. The van der Waals surface area contributed by atoms with Crippen LogP contribution in [0.3, 0.4) is 0 Å². The predicted octanol–water partition coefficient (Wildman–Crippen LogP) is 2.58. The van der Waals surface area contributed by atoms with Crippen LogP contribution in [0.4, 0.5) is 0 Å². The second-order valence-electron chi connectivity index (χ2n) is 7.13. The quantitative estimate of drug-likeness (QED) is 0.827. The molecule has 2 unspecified atom stereocenters. The molecule has 0 aliphatic carbocycles. The summed E-state index contributed by atoms with van der Waals surface area (Å²) in [6.07, 6.45) is 7.87. The molecule has 0 spiro atoms. The van der Waals surface area contributed by atoms with Crippen LogP contribution in [0, 0.1) is 5.92 Å². The number of allylic oxidation sites excluding steroid dienone is 1. The van der Waals surface area contributed by atoms with Crippen molar-refractivity contribution in [1.29, 1.82) is 0 Å². The monoisotopic (exact) mass is 344 g/mol. The van der Waals surface area contributed by atoms with E-state index < -0.39 is 0 Å². The van der Waals surface area contributed by atoms with Gasteiger partial charge in [-0.1, -0.05) is 18.7 Å². The number of aromatic nitrogens is 1. The summed E-state index contributed by atoms with van der Waals surface area (Å²) in [6.45, 7) is 8.44. The van der Waals surface area contributed by atoms with Crippen molar-refractivity contribution < 1.29 is 14.6 Å². The van der Waals surface area contributed by atoms with Crippen molar-refractivity contribution in [1.82, 2.24) is 9.88 Å². The molecule has 2 aliphatic heterocycles. The lowest BCUT2D eigenvalue weighted by molar-refractivity contribution is -0.143. The molecule has 4 atom stereocenters. The molecule has 1 saturated heterocycles. The van der Waals surface area contributed by atoms with Gasteiger partial charge in [0, 0.05) is 36.6 Å². The summed E-state index contributed by atoms with van der Waals surface area (Å²) in [5.74, 6) is -0.244. The number of aliphatic hydroxyl groups excluding tert-OH is 1. The van der Waals surface area contributed by atoms with Gasteiger partial charge in [0.2, 0.25) is 0 Å². The van der Waals surface area contributed by atoms with Gasteiger partial charge >= 0.3 is 5.97 Å². The van der Waals surface area contributed by atoms with Crippen molar-refractivity contribution >= 4 is 18.1 Å². The Labute approximate surface area is 149 Å². The number of piperidine rings is 1. The van der Waals surface area contributed by atoms with E-state index in [0.29, 0.717) is 18.9 Å². The number of rotatable bonds is 3. The van der Waals surface area contributed by atoms with Crippen molar-refractivity contribution in [3.63, 3.8) is 0 Å². The molecule has 2 aliphatic rings. The molecule has 5 heteroatoms. The molecule has 3 heterocycles. The smallest absolute Gasteiger partial charge is 0.314 e. The molecule has 2 bridgehead atoms. The van der Waals surface area contributed by atoms with Gasteiger partial charge in [-0.15, -0.1) is 0 Å². The molecular weight excluding hydrogens is 316 g/mol. The SMILES string of the molecule is C=Cc1[nH]c2c(c1/C=C\C)CCN1C[C@@H](O)C[C@@H](CC2C(=O)OC)C1. The molecule has 0 aromatic carbocycles. The Kier molecular flexibility index (Phi) is 5.45. The van der Waals surface area contributed by atoms with E-state index in [1.807, 2.05) is 19.1 Å². The number of fused-ring (bicyclic) bond motifs is 3. The maximum atomic E-state index is 12.6. The van der Waals surface area contributed by atoms with E-state index in [2.05, 4.69) is 22.5 Å². The highest BCUT2D eigenvalue weighted by atomic mass is 16.5. The van der Waals surface area contributed by atoms with Crippen LogP contribution in [-0.2, 0) is 16.0 Å². The van der Waals surface area contributed by atoms with Gasteiger partial charge in [-0.3, -0.25) is 4.79 Å². The first-order chi connectivity index (χ1) is 12.1. The number of esters is 1. The molecule has 0 amide bonds. The molecule has 25 heavy (non-hydrogen) atoms. The Morgan fingerprint density at radius 2 is 2.20 bits per heavy atom. The number of hydrogen-bond donors (Lipinski definition) is 2. The Hall–Kier alpha value is -1.85. The lowest BCUT2D eigenvalue weighted by Gasteiger charge is -2.35. The average molecular weight is 344 g/mol. The second-order valence-corrected chi connectivity index (χ2v) is 7.13. The summed E-state index contributed by atoms with van der Waals surface area (Å²) in [7, 11) is 1.45. The number of H-pyrrole nitrogens is 1. The third-order valence-electron chi connectivity index (χ3n) is 5.42. The average Bonchev–Trinajstić information content (AvgIpc) is 2.95. The third-order valence-corrected chi connectivity index (χ3v) is 5.42. The standard InChI is InChI=1S/C20H28N2O3/c1-4-6-15-16-7-8-22-11-13(9-14(23)12-22)10-17(20(24)25-3)19(16)21-18(15)5-2/h4-6,13-14,17,21,23H,2,7-12H2,1,3H3/b6-4-/t13-,14-,17?/m0/s1. The van der Waals surface area contributed by atoms with Crippen molar-refractivity contribution in [2.24, 2.45) is 5.92 Å². The maximum absolute atomic E-state index is 12.6. The topological polar surface area (TPSA) is 65.6 Å². The largest absolute Gasteiger partial charge is 0.469 e. The molecule has 2 N–H and O–H groups in total. The number of aromatic amines is 1. The summed E-state index contributed by atoms with van der Waals surface area (Å²) in [5.41, 5.74) is 4.20. The number of hydrogen-bond acceptors (Lipinski definition) is 4. The first-order valence-corrected chi connectivity index (χ1v) is 9.05. The van der Waals surface area contributed by atoms with Crippen LogP contribution < -0.4 is 0 Å². The normalized spacial score (nSPS) is 29.4. The zero-order chi connectivity index (χ0) is 18.0. The van der Waals surface area contributed by atoms with Crippen molar-refractivity contribution in [2.45, 2.75) is 38.2 Å². The summed E-state index contributed by atoms with van der Waals surface area (Å²) < 4.78 is 5.11. The van der Waals surface area contributed by atoms with Gasteiger partial charge in [0.25, 0.3) is 0 Å². The molecule has 0 radical (unpaired) electrons. The molecule has 3 rings (SSSR count). The van der Waals surface area contributed by atoms with Gasteiger partial charge in [0.15, 0.2) is 0 Å². The van der Waals surface area contributed by atoms with E-state index >= 15 is 0 Å². The highest BCUT2D eigenvalue weighted by molar-refractivity contribution is 5.80. The predicted molar refractivity (Wildman–Crippen MR) is 99.2 cm³/mol. The van der Waals surface area contributed by atoms with E-state index in [9.17, 15) is 9.90 Å². The zero-order valence-electron chi connectivity index (χ0n) is 15.1. The number of aliphatic hydroxyl groups is 1. The number of nitrogens with zero attached hydrogens (tertiary/aromatic N) is 1. The van der Waals surface area contributed by atoms with Crippen LogP contribution in [0.15, 0.2) is 12.7 Å². The van der Waals surface area contributed by atoms with E-state index in [1.54, 1.807) is 0 Å². The third kappa shape index (κ3) is 3.58. The number of methoxy groups -OCH3 is 1. The number of nitrogens with one attached hydrogen (secondary N) is 1. The fraction of sp³-hybridized carbons (Fsp3) is 0.550. The Morgan fingerprint density at radius 1 is 1.40 bits per heavy atom. The minimum absolute atomic E-state index is 0.210. The number of carbonyl (C=O) groups excluding carboxylic acids is 1. The second kappa shape index (κ2) is 7.58. The van der Waals surface area contributed by atoms with Crippen LogP contribution >= 0.6 is 0 Å². The van der Waals surface area contributed by atoms with E-state index in [1.165, 1.54) is 12.7 Å². The van der Waals surface area contributed by atoms with Crippen molar-refractivity contribution in [3.8, 4) is 0 Å². The Balaban J connectivity index is 2.09. The summed E-state index contributed by atoms with van der Waals surface area (Å²) in [6, 6.07) is 0. The van der Waals surface area contributed by atoms with Gasteiger partial charge in [0.05, 0.1) is 19.1 Å². The Bertz CT molecular complexity index is 677. The van der Waals surface area contributed by atoms with Gasteiger partial charge in [0.1, 0.15) is 0 Å². The minimum Gasteiger partial charge on any atom is -0.469 e. The first-order valence-electron chi connectivity index (χ1n) is 9.05. The van der Waals surface area contributed by atoms with Crippen LogP contribution in [0.25, 0.3) is 12.2 Å². The van der Waals surface area contributed by atoms with E-state index in [0.717, 1.165) is 42.9 Å². The summed E-state index contributed by atoms with van der Waals surface area (Å²) >= 11 is 0. The summed E-state index contributed by atoms with van der Waals surface area (Å²) in [5, 5.41) is 10.2. The van der Waals surface area contributed by atoms with E-state index in [4.69, 9.17) is 4.74 Å². The van der Waals surface area contributed by atoms with Crippen LogP contribution in [0.5, 0.6) is 0 Å². The first kappa shape index (κ1) is 18.0. The molecule has 1 aromatic heterocycles. The molecule has 1 fully saturated rings. The molecule has 1 aromatic rings. The zero-order valence-corrected chi connectivity index (χ0v) is 15.1. The van der Waals surface area contributed by atoms with E-state index in [-0.39, 0.29) is 18.0 Å². The number of carbonyl (C=O) groups is 1.